The maximum absolute atomic E-state index is 12.4. The van der Waals surface area contributed by atoms with Gasteiger partial charge < -0.3 is 10.1 Å². The van der Waals surface area contributed by atoms with Crippen LogP contribution < -0.4 is 20.9 Å². The summed E-state index contributed by atoms with van der Waals surface area (Å²) in [6, 6.07) is 16.6. The Morgan fingerprint density at radius 3 is 2.56 bits per heavy atom. The summed E-state index contributed by atoms with van der Waals surface area (Å²) in [5, 5.41) is 2.95. The molecule has 1 heterocycles. The average molecular weight is 365 g/mol. The number of hydrogen-bond acceptors (Lipinski definition) is 5. The number of nitrogens with zero attached hydrogens (tertiary/aromatic N) is 2. The summed E-state index contributed by atoms with van der Waals surface area (Å²) >= 11 is 0. The fraction of sp³-hybridized carbons (Fsp3) is 0.105. The SMILES string of the molecule is COc1ccccc1NCC(=O)NNC(=O)c1cncn1-c1ccccc1. The number of anilines is 1. The highest BCUT2D eigenvalue weighted by molar-refractivity contribution is 5.94. The number of carbonyl (C=O) groups excluding carboxylic acids is 2. The number of ether oxygens (including phenoxy) is 1. The Morgan fingerprint density at radius 1 is 1.04 bits per heavy atom. The van der Waals surface area contributed by atoms with Crippen LogP contribution in [0.2, 0.25) is 0 Å². The minimum atomic E-state index is -0.470. The van der Waals surface area contributed by atoms with Crippen molar-refractivity contribution in [3.8, 4) is 11.4 Å². The molecule has 0 aliphatic carbocycles. The van der Waals surface area contributed by atoms with Crippen LogP contribution in [0, 0.1) is 0 Å². The van der Waals surface area contributed by atoms with Gasteiger partial charge in [0.15, 0.2) is 0 Å². The first kappa shape index (κ1) is 18.0. The molecule has 3 N–H and O–H groups in total. The van der Waals surface area contributed by atoms with Crippen molar-refractivity contribution >= 4 is 17.5 Å². The lowest BCUT2D eigenvalue weighted by Gasteiger charge is -2.12. The van der Waals surface area contributed by atoms with Crippen molar-refractivity contribution in [2.75, 3.05) is 19.0 Å². The highest BCUT2D eigenvalue weighted by Crippen LogP contribution is 2.22. The molecule has 3 aromatic rings. The summed E-state index contributed by atoms with van der Waals surface area (Å²) in [5.74, 6) is -0.247. The minimum Gasteiger partial charge on any atom is -0.495 e. The van der Waals surface area contributed by atoms with Crippen LogP contribution in [0.1, 0.15) is 10.5 Å². The molecule has 3 rings (SSSR count). The van der Waals surface area contributed by atoms with Crippen LogP contribution >= 0.6 is 0 Å². The van der Waals surface area contributed by atoms with Gasteiger partial charge in [-0.05, 0) is 24.3 Å². The maximum Gasteiger partial charge on any atom is 0.288 e. The third-order valence-electron chi connectivity index (χ3n) is 3.77. The molecule has 0 spiro atoms. The van der Waals surface area contributed by atoms with Crippen molar-refractivity contribution in [2.24, 2.45) is 0 Å². The second-order valence-electron chi connectivity index (χ2n) is 5.54. The first-order valence-corrected chi connectivity index (χ1v) is 8.23. The summed E-state index contributed by atoms with van der Waals surface area (Å²) in [5.41, 5.74) is 6.55. The molecule has 1 aromatic heterocycles. The Bertz CT molecular complexity index is 924. The van der Waals surface area contributed by atoms with Crippen molar-refractivity contribution in [3.63, 3.8) is 0 Å². The minimum absolute atomic E-state index is 0.0292. The van der Waals surface area contributed by atoms with Gasteiger partial charge >= 0.3 is 0 Å². The molecule has 0 radical (unpaired) electrons. The zero-order valence-electron chi connectivity index (χ0n) is 14.7. The smallest absolute Gasteiger partial charge is 0.288 e. The maximum atomic E-state index is 12.4. The van der Waals surface area contributed by atoms with Crippen molar-refractivity contribution in [1.29, 1.82) is 0 Å². The Morgan fingerprint density at radius 2 is 1.78 bits per heavy atom. The predicted molar refractivity (Wildman–Crippen MR) is 101 cm³/mol. The van der Waals surface area contributed by atoms with Crippen LogP contribution in [0.4, 0.5) is 5.69 Å². The second kappa shape index (κ2) is 8.52. The Balaban J connectivity index is 1.55. The molecule has 0 bridgehead atoms. The second-order valence-corrected chi connectivity index (χ2v) is 5.54. The lowest BCUT2D eigenvalue weighted by molar-refractivity contribution is -0.120. The van der Waals surface area contributed by atoms with Gasteiger partial charge in [-0.2, -0.15) is 0 Å². The molecule has 0 aliphatic rings. The summed E-state index contributed by atoms with van der Waals surface area (Å²) in [4.78, 5) is 28.4. The molecule has 8 heteroatoms. The van der Waals surface area contributed by atoms with Crippen LogP contribution in [0.25, 0.3) is 5.69 Å². The first-order chi connectivity index (χ1) is 13.2. The molecule has 0 atom stereocenters. The third kappa shape index (κ3) is 4.43. The van der Waals surface area contributed by atoms with E-state index in [0.29, 0.717) is 17.1 Å². The zero-order valence-corrected chi connectivity index (χ0v) is 14.7. The fourth-order valence-electron chi connectivity index (χ4n) is 2.46. The van der Waals surface area contributed by atoms with Crippen LogP contribution in [0.5, 0.6) is 5.75 Å². The standard InChI is InChI=1S/C19H19N5O3/c1-27-17-10-6-5-9-15(17)21-12-18(25)22-23-19(26)16-11-20-13-24(16)14-7-3-2-4-8-14/h2-11,13,21H,12H2,1H3,(H,22,25)(H,23,26). The molecule has 8 nitrogen and oxygen atoms in total. The van der Waals surface area contributed by atoms with Crippen molar-refractivity contribution in [2.45, 2.75) is 0 Å². The quantitative estimate of drug-likeness (QED) is 0.578. The summed E-state index contributed by atoms with van der Waals surface area (Å²) in [7, 11) is 1.55. The van der Waals surface area contributed by atoms with Gasteiger partial charge in [0.05, 0.1) is 31.9 Å². The van der Waals surface area contributed by atoms with Gasteiger partial charge in [-0.15, -0.1) is 0 Å². The van der Waals surface area contributed by atoms with E-state index in [4.69, 9.17) is 4.74 Å². The molecule has 0 saturated heterocycles. The number of nitrogens with one attached hydrogen (secondary N) is 3. The van der Waals surface area contributed by atoms with E-state index < -0.39 is 11.8 Å². The molecule has 27 heavy (non-hydrogen) atoms. The van der Waals surface area contributed by atoms with Crippen LogP contribution in [-0.4, -0.2) is 35.0 Å². The van der Waals surface area contributed by atoms with E-state index in [9.17, 15) is 9.59 Å². The Kier molecular flexibility index (Phi) is 5.68. The van der Waals surface area contributed by atoms with E-state index in [-0.39, 0.29) is 6.54 Å². The van der Waals surface area contributed by atoms with Gasteiger partial charge in [-0.3, -0.25) is 25.0 Å². The number of rotatable bonds is 6. The van der Waals surface area contributed by atoms with E-state index in [0.717, 1.165) is 5.69 Å². The Hall–Kier alpha value is -3.81. The number of hydrogen-bond donors (Lipinski definition) is 3. The number of methoxy groups -OCH3 is 1. The van der Waals surface area contributed by atoms with Gasteiger partial charge in [-0.25, -0.2) is 4.98 Å². The molecule has 2 aromatic carbocycles. The fourth-order valence-corrected chi connectivity index (χ4v) is 2.46. The zero-order chi connectivity index (χ0) is 19.1. The average Bonchev–Trinajstić information content (AvgIpc) is 3.21. The predicted octanol–water partition coefficient (Wildman–Crippen LogP) is 1.75. The number of benzene rings is 2. The van der Waals surface area contributed by atoms with Crippen molar-refractivity contribution in [3.05, 3.63) is 72.8 Å². The molecule has 0 unspecified atom stereocenters. The van der Waals surface area contributed by atoms with Gasteiger partial charge in [0, 0.05) is 5.69 Å². The molecule has 2 amide bonds. The molecule has 0 fully saturated rings. The summed E-state index contributed by atoms with van der Waals surface area (Å²) < 4.78 is 6.84. The monoisotopic (exact) mass is 365 g/mol. The number of hydrazine groups is 1. The lowest BCUT2D eigenvalue weighted by Crippen LogP contribution is -2.44. The summed E-state index contributed by atoms with van der Waals surface area (Å²) in [6.07, 6.45) is 2.97. The van der Waals surface area contributed by atoms with E-state index in [1.807, 2.05) is 42.5 Å². The highest BCUT2D eigenvalue weighted by Gasteiger charge is 2.14. The van der Waals surface area contributed by atoms with E-state index in [1.54, 1.807) is 23.8 Å². The Labute approximate surface area is 156 Å². The largest absolute Gasteiger partial charge is 0.495 e. The van der Waals surface area contributed by atoms with Crippen molar-refractivity contribution in [1.82, 2.24) is 20.4 Å². The number of para-hydroxylation sites is 3. The van der Waals surface area contributed by atoms with Gasteiger partial charge in [-0.1, -0.05) is 30.3 Å². The van der Waals surface area contributed by atoms with Crippen LogP contribution in [0.3, 0.4) is 0 Å². The molecular weight excluding hydrogens is 346 g/mol. The van der Waals surface area contributed by atoms with Gasteiger partial charge in [0.2, 0.25) is 0 Å². The molecule has 0 aliphatic heterocycles. The van der Waals surface area contributed by atoms with E-state index >= 15 is 0 Å². The number of imidazole rings is 1. The molecular formula is C19H19N5O3. The van der Waals surface area contributed by atoms with E-state index in [1.165, 1.54) is 12.5 Å². The van der Waals surface area contributed by atoms with Crippen molar-refractivity contribution < 1.29 is 14.3 Å². The number of aromatic nitrogens is 2. The van der Waals surface area contributed by atoms with Crippen LogP contribution in [-0.2, 0) is 4.79 Å². The summed E-state index contributed by atoms with van der Waals surface area (Å²) in [6.45, 7) is -0.0292. The third-order valence-corrected chi connectivity index (χ3v) is 3.77. The van der Waals surface area contributed by atoms with Gasteiger partial charge in [0.25, 0.3) is 11.8 Å². The van der Waals surface area contributed by atoms with Crippen LogP contribution in [0.15, 0.2) is 67.1 Å². The normalized spacial score (nSPS) is 10.1. The van der Waals surface area contributed by atoms with Gasteiger partial charge in [0.1, 0.15) is 11.4 Å². The molecule has 138 valence electrons. The van der Waals surface area contributed by atoms with E-state index in [2.05, 4.69) is 21.2 Å². The topological polar surface area (TPSA) is 97.3 Å². The highest BCUT2D eigenvalue weighted by atomic mass is 16.5. The molecule has 0 saturated carbocycles. The lowest BCUT2D eigenvalue weighted by atomic mass is 10.3. The number of amides is 2. The number of carbonyl (C=O) groups is 2. The first-order valence-electron chi connectivity index (χ1n) is 8.23.